The number of amides is 2. The number of nitrogens with zero attached hydrogens (tertiary/aromatic N) is 6. The molecular weight excluding hydrogens is 605 g/mol. The van der Waals surface area contributed by atoms with Crippen molar-refractivity contribution in [3.63, 3.8) is 0 Å². The van der Waals surface area contributed by atoms with E-state index in [0.717, 1.165) is 17.7 Å². The van der Waals surface area contributed by atoms with Gasteiger partial charge in [0.2, 0.25) is 6.19 Å². The number of carbonyl (C=O) groups excluding carboxylic acids is 2. The number of nitriles is 1. The maximum Gasteiger partial charge on any atom is 0.417 e. The molecule has 5 rings (SSSR count). The van der Waals surface area contributed by atoms with Gasteiger partial charge in [-0.25, -0.2) is 4.21 Å². The molecule has 0 bridgehead atoms. The van der Waals surface area contributed by atoms with E-state index in [1.165, 1.54) is 17.2 Å². The summed E-state index contributed by atoms with van der Waals surface area (Å²) in [6, 6.07) is 8.91. The van der Waals surface area contributed by atoms with E-state index in [2.05, 4.69) is 4.36 Å². The van der Waals surface area contributed by atoms with E-state index in [-0.39, 0.29) is 36.1 Å². The van der Waals surface area contributed by atoms with Crippen LogP contribution in [0.4, 0.5) is 13.2 Å². The highest BCUT2D eigenvalue weighted by molar-refractivity contribution is 7.93. The van der Waals surface area contributed by atoms with Crippen LogP contribution in [0, 0.1) is 11.5 Å². The van der Waals surface area contributed by atoms with E-state index < -0.39 is 32.4 Å². The lowest BCUT2D eigenvalue weighted by Gasteiger charge is -2.37. The highest BCUT2D eigenvalue weighted by Crippen LogP contribution is 2.38. The first-order valence-electron chi connectivity index (χ1n) is 13.4. The van der Waals surface area contributed by atoms with Crippen LogP contribution in [0.2, 0.25) is 5.02 Å². The number of aromatic nitrogens is 2. The Balaban J connectivity index is 1.45. The van der Waals surface area contributed by atoms with Gasteiger partial charge in [0.05, 0.1) is 44.6 Å². The molecule has 43 heavy (non-hydrogen) atoms. The molecule has 0 N–H and O–H groups in total. The smallest absolute Gasteiger partial charge is 0.331 e. The number of halogens is 4. The summed E-state index contributed by atoms with van der Waals surface area (Å²) >= 11 is 5.76. The van der Waals surface area contributed by atoms with Crippen LogP contribution in [-0.2, 0) is 28.9 Å². The molecule has 0 saturated heterocycles. The van der Waals surface area contributed by atoms with Gasteiger partial charge in [0.25, 0.3) is 11.8 Å². The molecule has 2 aliphatic rings. The van der Waals surface area contributed by atoms with Gasteiger partial charge in [0.1, 0.15) is 5.69 Å². The zero-order valence-corrected chi connectivity index (χ0v) is 25.3. The summed E-state index contributed by atoms with van der Waals surface area (Å²) in [6.07, 6.45) is -1.42. The van der Waals surface area contributed by atoms with Crippen molar-refractivity contribution in [1.82, 2.24) is 19.6 Å². The van der Waals surface area contributed by atoms with Crippen molar-refractivity contribution in [2.45, 2.75) is 62.9 Å². The Bertz CT molecular complexity index is 1790. The van der Waals surface area contributed by atoms with Gasteiger partial charge in [0, 0.05) is 41.3 Å². The zero-order valence-electron chi connectivity index (χ0n) is 23.7. The Labute approximate surface area is 252 Å². The Morgan fingerprint density at radius 1 is 1.19 bits per heavy atom. The maximum absolute atomic E-state index is 14.0. The van der Waals surface area contributed by atoms with Gasteiger partial charge in [-0.15, -0.1) is 4.36 Å². The van der Waals surface area contributed by atoms with Crippen molar-refractivity contribution >= 4 is 33.1 Å². The summed E-state index contributed by atoms with van der Waals surface area (Å²) in [5.74, 6) is -0.882. The Morgan fingerprint density at radius 3 is 2.49 bits per heavy atom. The molecule has 226 valence electrons. The van der Waals surface area contributed by atoms with Crippen molar-refractivity contribution in [2.75, 3.05) is 12.8 Å². The summed E-state index contributed by atoms with van der Waals surface area (Å²) in [5, 5.41) is 13.1. The SMILES string of the molecule is C[C@@H]1Cc2nn3c(c2CN1C(=O)c1ccc(Cl)c(C(F)(F)F)c1)C(=O)N([C@@H](C)c1ccc([S@](C)(=O)=NC#N)cc1)C[C@H]3C. The monoisotopic (exact) mass is 632 g/mol. The van der Waals surface area contributed by atoms with Crippen molar-refractivity contribution in [1.29, 1.82) is 5.26 Å². The molecule has 2 aromatic carbocycles. The normalized spacial score (nSPS) is 20.5. The number of benzene rings is 2. The molecule has 9 nitrogen and oxygen atoms in total. The molecule has 0 unspecified atom stereocenters. The van der Waals surface area contributed by atoms with Gasteiger partial charge >= 0.3 is 6.18 Å². The van der Waals surface area contributed by atoms with Gasteiger partial charge in [-0.3, -0.25) is 14.3 Å². The Hall–Kier alpha value is -3.89. The minimum absolute atomic E-state index is 0.0112. The van der Waals surface area contributed by atoms with Gasteiger partial charge in [0.15, 0.2) is 0 Å². The van der Waals surface area contributed by atoms with Gasteiger partial charge in [-0.2, -0.15) is 23.5 Å². The standard InChI is InChI=1S/C29H28ClF3N6O3S/c1-16-11-25-22(14-37(16)27(40)20-7-10-24(30)23(12-20)29(31,32)33)26-28(41)38(13-17(2)39(26)36-25)18(3)19-5-8-21(9-6-19)43(4,42)35-15-34/h5-10,12,16-18H,11,13-14H2,1-4H3/t16-,17-,18+,43+/m1/s1. The van der Waals surface area contributed by atoms with Crippen LogP contribution in [0.3, 0.4) is 0 Å². The second-order valence-electron chi connectivity index (χ2n) is 10.9. The summed E-state index contributed by atoms with van der Waals surface area (Å²) in [4.78, 5) is 31.0. The molecular formula is C29H28ClF3N6O3S. The molecule has 0 spiro atoms. The third kappa shape index (κ3) is 5.49. The lowest BCUT2D eigenvalue weighted by molar-refractivity contribution is -0.137. The van der Waals surface area contributed by atoms with E-state index in [1.807, 2.05) is 13.8 Å². The lowest BCUT2D eigenvalue weighted by Crippen LogP contribution is -2.45. The second kappa shape index (κ2) is 11.0. The summed E-state index contributed by atoms with van der Waals surface area (Å²) in [6.45, 7) is 5.98. The predicted octanol–water partition coefficient (Wildman–Crippen LogP) is 5.86. The summed E-state index contributed by atoms with van der Waals surface area (Å²) in [5.41, 5.74) is 1.15. The highest BCUT2D eigenvalue weighted by atomic mass is 35.5. The van der Waals surface area contributed by atoms with Crippen molar-refractivity contribution < 1.29 is 27.0 Å². The molecule has 0 saturated carbocycles. The Morgan fingerprint density at radius 2 is 1.86 bits per heavy atom. The number of hydrogen-bond donors (Lipinski definition) is 0. The number of alkyl halides is 3. The van der Waals surface area contributed by atoms with Crippen LogP contribution in [0.5, 0.6) is 0 Å². The topological polar surface area (TPSA) is 112 Å². The van der Waals surface area contributed by atoms with Gasteiger partial charge < -0.3 is 9.80 Å². The number of rotatable bonds is 4. The van der Waals surface area contributed by atoms with E-state index in [4.69, 9.17) is 22.0 Å². The van der Waals surface area contributed by atoms with Crippen molar-refractivity contribution in [2.24, 2.45) is 4.36 Å². The largest absolute Gasteiger partial charge is 0.417 e. The molecule has 0 fully saturated rings. The van der Waals surface area contributed by atoms with Crippen LogP contribution in [0.15, 0.2) is 51.7 Å². The van der Waals surface area contributed by atoms with Gasteiger partial charge in [-0.1, -0.05) is 23.7 Å². The highest BCUT2D eigenvalue weighted by Gasteiger charge is 2.41. The molecule has 0 radical (unpaired) electrons. The zero-order chi connectivity index (χ0) is 31.4. The number of carbonyl (C=O) groups is 2. The molecule has 3 heterocycles. The first-order valence-corrected chi connectivity index (χ1v) is 15.7. The van der Waals surface area contributed by atoms with E-state index in [1.54, 1.807) is 47.0 Å². The van der Waals surface area contributed by atoms with E-state index in [9.17, 15) is 27.0 Å². The minimum Gasteiger partial charge on any atom is -0.331 e. The van der Waals surface area contributed by atoms with Crippen molar-refractivity contribution in [3.05, 3.63) is 81.1 Å². The van der Waals surface area contributed by atoms with Gasteiger partial charge in [-0.05, 0) is 56.7 Å². The van der Waals surface area contributed by atoms with Crippen LogP contribution in [0.25, 0.3) is 0 Å². The molecule has 3 aromatic rings. The fraction of sp³-hybridized carbons (Fsp3) is 0.379. The fourth-order valence-electron chi connectivity index (χ4n) is 5.65. The quantitative estimate of drug-likeness (QED) is 0.335. The third-order valence-electron chi connectivity index (χ3n) is 8.04. The lowest BCUT2D eigenvalue weighted by atomic mass is 9.96. The molecule has 14 heteroatoms. The van der Waals surface area contributed by atoms with Crippen LogP contribution in [-0.4, -0.2) is 54.4 Å². The maximum atomic E-state index is 14.0. The minimum atomic E-state index is -4.72. The summed E-state index contributed by atoms with van der Waals surface area (Å²) < 4.78 is 58.2. The molecule has 2 aliphatic heterocycles. The average molecular weight is 633 g/mol. The van der Waals surface area contributed by atoms with Crippen LogP contribution < -0.4 is 0 Å². The number of fused-ring (bicyclic) bond motifs is 3. The first-order chi connectivity index (χ1) is 20.1. The summed E-state index contributed by atoms with van der Waals surface area (Å²) in [7, 11) is -2.86. The van der Waals surface area contributed by atoms with Crippen LogP contribution >= 0.6 is 11.6 Å². The molecule has 1 aromatic heterocycles. The average Bonchev–Trinajstić information content (AvgIpc) is 3.32. The first kappa shape index (κ1) is 30.6. The van der Waals surface area contributed by atoms with Crippen molar-refractivity contribution in [3.8, 4) is 6.19 Å². The van der Waals surface area contributed by atoms with E-state index in [0.29, 0.717) is 34.8 Å². The number of hydrogen-bond acceptors (Lipinski definition) is 6. The third-order valence-corrected chi connectivity index (χ3v) is 9.95. The molecule has 2 amide bonds. The predicted molar refractivity (Wildman–Crippen MR) is 153 cm³/mol. The van der Waals surface area contributed by atoms with E-state index >= 15 is 0 Å². The fourth-order valence-corrected chi connectivity index (χ4v) is 6.77. The molecule has 0 aliphatic carbocycles. The Kier molecular flexibility index (Phi) is 7.81. The molecule has 4 atom stereocenters. The van der Waals surface area contributed by atoms with Crippen LogP contribution in [0.1, 0.15) is 76.1 Å². The second-order valence-corrected chi connectivity index (χ2v) is 13.6.